The lowest BCUT2D eigenvalue weighted by molar-refractivity contribution is -0.0362. The van der Waals surface area contributed by atoms with Gasteiger partial charge in [0.05, 0.1) is 24.4 Å². The van der Waals surface area contributed by atoms with Gasteiger partial charge in [0.1, 0.15) is 12.4 Å². The second-order valence-corrected chi connectivity index (χ2v) is 5.42. The number of benzene rings is 1. The predicted octanol–water partition coefficient (Wildman–Crippen LogP) is 3.24. The molecule has 0 radical (unpaired) electrons. The van der Waals surface area contributed by atoms with Gasteiger partial charge in [0.25, 0.3) is 0 Å². The Bertz CT molecular complexity index is 458. The Morgan fingerprint density at radius 1 is 1.19 bits per heavy atom. The predicted molar refractivity (Wildman–Crippen MR) is 80.9 cm³/mol. The molecule has 1 saturated carbocycles. The van der Waals surface area contributed by atoms with Gasteiger partial charge in [-0.15, -0.1) is 0 Å². The molecule has 4 nitrogen and oxygen atoms in total. The van der Waals surface area contributed by atoms with Crippen LogP contribution in [-0.4, -0.2) is 38.3 Å². The summed E-state index contributed by atoms with van der Waals surface area (Å²) in [5, 5.41) is 0. The van der Waals surface area contributed by atoms with E-state index < -0.39 is 0 Å². The number of rotatable bonds is 7. The van der Waals surface area contributed by atoms with Gasteiger partial charge >= 0.3 is 0 Å². The number of carbonyl (C=O) groups excluding carboxylic acids is 1. The van der Waals surface area contributed by atoms with Gasteiger partial charge in [0, 0.05) is 7.11 Å². The van der Waals surface area contributed by atoms with Gasteiger partial charge in [-0.1, -0.05) is 12.1 Å². The molecule has 116 valence electrons. The maximum absolute atomic E-state index is 11.5. The lowest BCUT2D eigenvalue weighted by atomic mass is 9.95. The number of methoxy groups -OCH3 is 1. The van der Waals surface area contributed by atoms with Crippen molar-refractivity contribution in [1.82, 2.24) is 0 Å². The highest BCUT2D eigenvalue weighted by atomic mass is 16.5. The zero-order valence-corrected chi connectivity index (χ0v) is 12.8. The number of hydrogen-bond acceptors (Lipinski definition) is 4. The molecular weight excluding hydrogens is 268 g/mol. The maximum Gasteiger partial charge on any atom is 0.163 e. The van der Waals surface area contributed by atoms with Gasteiger partial charge in [0.2, 0.25) is 0 Å². The lowest BCUT2D eigenvalue weighted by Crippen LogP contribution is -2.28. The van der Waals surface area contributed by atoms with Crippen molar-refractivity contribution in [2.24, 2.45) is 0 Å². The first-order valence-electron chi connectivity index (χ1n) is 7.58. The van der Waals surface area contributed by atoms with E-state index in [1.165, 1.54) is 0 Å². The fourth-order valence-corrected chi connectivity index (χ4v) is 2.72. The van der Waals surface area contributed by atoms with Gasteiger partial charge < -0.3 is 14.2 Å². The molecule has 1 aliphatic carbocycles. The van der Waals surface area contributed by atoms with E-state index in [9.17, 15) is 4.79 Å². The third-order valence-corrected chi connectivity index (χ3v) is 3.87. The second kappa shape index (κ2) is 8.15. The van der Waals surface area contributed by atoms with Crippen LogP contribution < -0.4 is 4.74 Å². The molecule has 0 saturated heterocycles. The van der Waals surface area contributed by atoms with Crippen LogP contribution in [0.15, 0.2) is 24.3 Å². The van der Waals surface area contributed by atoms with Gasteiger partial charge in [-0.25, -0.2) is 0 Å². The van der Waals surface area contributed by atoms with Crippen LogP contribution in [0, 0.1) is 0 Å². The fraction of sp³-hybridized carbons (Fsp3) is 0.588. The van der Waals surface area contributed by atoms with E-state index in [1.54, 1.807) is 20.1 Å². The van der Waals surface area contributed by atoms with Crippen molar-refractivity contribution in [2.75, 3.05) is 20.3 Å². The Labute approximate surface area is 126 Å². The number of hydrogen-bond donors (Lipinski definition) is 0. The first-order valence-corrected chi connectivity index (χ1v) is 7.58. The van der Waals surface area contributed by atoms with E-state index in [0.29, 0.717) is 30.6 Å². The number of carbonyl (C=O) groups is 1. The monoisotopic (exact) mass is 292 g/mol. The molecule has 2 rings (SSSR count). The molecule has 0 aliphatic heterocycles. The minimum absolute atomic E-state index is 0.0155. The van der Waals surface area contributed by atoms with Crippen molar-refractivity contribution in [1.29, 1.82) is 0 Å². The molecular formula is C17H24O4. The summed E-state index contributed by atoms with van der Waals surface area (Å²) in [5.74, 6) is 0.647. The highest BCUT2D eigenvalue weighted by molar-refractivity contribution is 5.96. The minimum Gasteiger partial charge on any atom is -0.490 e. The van der Waals surface area contributed by atoms with E-state index in [0.717, 1.165) is 25.7 Å². The summed E-state index contributed by atoms with van der Waals surface area (Å²) in [7, 11) is 1.76. The zero-order chi connectivity index (χ0) is 15.1. The average molecular weight is 292 g/mol. The standard InChI is InChI=1S/C17H24O4/c1-13(18)16-8-3-4-9-17(16)21-11-10-20-15-7-5-6-14(12-15)19-2/h3-4,8-9,14-15H,5-7,10-12H2,1-2H3. The van der Waals surface area contributed by atoms with Crippen LogP contribution in [0.4, 0.5) is 0 Å². The summed E-state index contributed by atoms with van der Waals surface area (Å²) in [6, 6.07) is 7.31. The van der Waals surface area contributed by atoms with E-state index in [1.807, 2.05) is 18.2 Å². The molecule has 2 atom stereocenters. The van der Waals surface area contributed by atoms with Crippen LogP contribution in [0.3, 0.4) is 0 Å². The van der Waals surface area contributed by atoms with Crippen LogP contribution >= 0.6 is 0 Å². The van der Waals surface area contributed by atoms with Crippen LogP contribution in [0.25, 0.3) is 0 Å². The summed E-state index contributed by atoms with van der Waals surface area (Å²) in [6.45, 7) is 2.54. The summed E-state index contributed by atoms with van der Waals surface area (Å²) in [4.78, 5) is 11.5. The van der Waals surface area contributed by atoms with Crippen LogP contribution in [0.2, 0.25) is 0 Å². The molecule has 0 spiro atoms. The molecule has 0 N–H and O–H groups in total. The Morgan fingerprint density at radius 2 is 1.95 bits per heavy atom. The highest BCUT2D eigenvalue weighted by Crippen LogP contribution is 2.23. The molecule has 1 aromatic rings. The summed E-state index contributed by atoms with van der Waals surface area (Å²) < 4.78 is 16.9. The first-order chi connectivity index (χ1) is 10.2. The number of ketones is 1. The molecule has 0 bridgehead atoms. The average Bonchev–Trinajstić information content (AvgIpc) is 2.52. The van der Waals surface area contributed by atoms with Gasteiger partial charge in [-0.2, -0.15) is 0 Å². The molecule has 0 amide bonds. The molecule has 2 unspecified atom stereocenters. The van der Waals surface area contributed by atoms with E-state index in [2.05, 4.69) is 0 Å². The second-order valence-electron chi connectivity index (χ2n) is 5.42. The van der Waals surface area contributed by atoms with Crippen molar-refractivity contribution in [3.8, 4) is 5.75 Å². The van der Waals surface area contributed by atoms with Crippen molar-refractivity contribution >= 4 is 5.78 Å². The molecule has 0 heterocycles. The molecule has 0 aromatic heterocycles. The third-order valence-electron chi connectivity index (χ3n) is 3.87. The first kappa shape index (κ1) is 16.0. The molecule has 1 fully saturated rings. The van der Waals surface area contributed by atoms with Crippen molar-refractivity contribution in [2.45, 2.75) is 44.8 Å². The largest absolute Gasteiger partial charge is 0.490 e. The Balaban J connectivity index is 1.74. The summed E-state index contributed by atoms with van der Waals surface area (Å²) in [6.07, 6.45) is 4.90. The van der Waals surface area contributed by atoms with Gasteiger partial charge in [-0.05, 0) is 44.7 Å². The fourth-order valence-electron chi connectivity index (χ4n) is 2.72. The van der Waals surface area contributed by atoms with Crippen molar-refractivity contribution in [3.05, 3.63) is 29.8 Å². The maximum atomic E-state index is 11.5. The van der Waals surface area contributed by atoms with Crippen LogP contribution in [0.1, 0.15) is 43.0 Å². The third kappa shape index (κ3) is 4.83. The van der Waals surface area contributed by atoms with Crippen molar-refractivity contribution < 1.29 is 19.0 Å². The topological polar surface area (TPSA) is 44.8 Å². The van der Waals surface area contributed by atoms with Gasteiger partial charge in [-0.3, -0.25) is 4.79 Å². The zero-order valence-electron chi connectivity index (χ0n) is 12.8. The summed E-state index contributed by atoms with van der Waals surface area (Å²) in [5.41, 5.74) is 0.620. The van der Waals surface area contributed by atoms with E-state index >= 15 is 0 Å². The lowest BCUT2D eigenvalue weighted by Gasteiger charge is -2.28. The molecule has 4 heteroatoms. The SMILES string of the molecule is COC1CCCC(OCCOc2ccccc2C(C)=O)C1. The number of para-hydroxylation sites is 1. The quantitative estimate of drug-likeness (QED) is 0.571. The smallest absolute Gasteiger partial charge is 0.163 e. The normalized spacial score (nSPS) is 22.0. The highest BCUT2D eigenvalue weighted by Gasteiger charge is 2.22. The van der Waals surface area contributed by atoms with E-state index in [-0.39, 0.29) is 11.9 Å². The Morgan fingerprint density at radius 3 is 2.71 bits per heavy atom. The van der Waals surface area contributed by atoms with Crippen molar-refractivity contribution in [3.63, 3.8) is 0 Å². The van der Waals surface area contributed by atoms with Gasteiger partial charge in [0.15, 0.2) is 5.78 Å². The minimum atomic E-state index is 0.0155. The Kier molecular flexibility index (Phi) is 6.21. The molecule has 21 heavy (non-hydrogen) atoms. The van der Waals surface area contributed by atoms with E-state index in [4.69, 9.17) is 14.2 Å². The number of Topliss-reactive ketones (excluding diaryl/α,β-unsaturated/α-hetero) is 1. The molecule has 1 aliphatic rings. The number of ether oxygens (including phenoxy) is 3. The van der Waals surface area contributed by atoms with Crippen LogP contribution in [-0.2, 0) is 9.47 Å². The Hall–Kier alpha value is -1.39. The summed E-state index contributed by atoms with van der Waals surface area (Å²) >= 11 is 0. The molecule has 1 aromatic carbocycles. The van der Waals surface area contributed by atoms with Crippen LogP contribution in [0.5, 0.6) is 5.75 Å².